The first-order valence-electron chi connectivity index (χ1n) is 8.32. The molecule has 1 heterocycles. The van der Waals surface area contributed by atoms with E-state index in [0.717, 1.165) is 51.3 Å². The fraction of sp³-hybridized carbons (Fsp3) is 0.611. The minimum Gasteiger partial charge on any atom is -0.497 e. The van der Waals surface area contributed by atoms with Crippen molar-refractivity contribution in [3.05, 3.63) is 29.8 Å². The van der Waals surface area contributed by atoms with Crippen LogP contribution in [0, 0.1) is 5.92 Å². The van der Waals surface area contributed by atoms with E-state index in [1.165, 1.54) is 5.56 Å². The van der Waals surface area contributed by atoms with Gasteiger partial charge in [-0.2, -0.15) is 0 Å². The van der Waals surface area contributed by atoms with Crippen LogP contribution in [0.2, 0.25) is 0 Å². The first-order valence-corrected chi connectivity index (χ1v) is 8.32. The molecule has 0 bridgehead atoms. The zero-order valence-electron chi connectivity index (χ0n) is 14.0. The lowest BCUT2D eigenvalue weighted by molar-refractivity contribution is -0.136. The molecule has 122 valence electrons. The molecule has 0 spiro atoms. The Labute approximate surface area is 134 Å². The van der Waals surface area contributed by atoms with Gasteiger partial charge in [0.1, 0.15) is 5.75 Å². The van der Waals surface area contributed by atoms with E-state index < -0.39 is 0 Å². The number of amides is 1. The third-order valence-electron chi connectivity index (χ3n) is 4.58. The number of carbonyl (C=O) groups is 1. The molecule has 1 amide bonds. The zero-order valence-corrected chi connectivity index (χ0v) is 14.0. The normalized spacial score (nSPS) is 16.5. The molecular weight excluding hydrogens is 276 g/mol. The highest BCUT2D eigenvalue weighted by Crippen LogP contribution is 2.22. The van der Waals surface area contributed by atoms with Crippen molar-refractivity contribution in [2.45, 2.75) is 33.2 Å². The number of benzene rings is 1. The molecule has 4 nitrogen and oxygen atoms in total. The van der Waals surface area contributed by atoms with Crippen molar-refractivity contribution < 1.29 is 9.53 Å². The molecule has 0 aliphatic carbocycles. The molecule has 1 aliphatic heterocycles. The van der Waals surface area contributed by atoms with Crippen molar-refractivity contribution in [3.8, 4) is 5.75 Å². The SMILES string of the molecule is CCN(CC)C(=O)C1CCN(Cc2ccc(OC)cc2)CC1. The van der Waals surface area contributed by atoms with Gasteiger partial charge in [-0.25, -0.2) is 0 Å². The Morgan fingerprint density at radius 3 is 2.27 bits per heavy atom. The largest absolute Gasteiger partial charge is 0.497 e. The van der Waals surface area contributed by atoms with Gasteiger partial charge in [0.2, 0.25) is 5.91 Å². The van der Waals surface area contributed by atoms with Gasteiger partial charge in [0.15, 0.2) is 0 Å². The van der Waals surface area contributed by atoms with E-state index in [9.17, 15) is 4.79 Å². The molecule has 1 saturated heterocycles. The Hall–Kier alpha value is -1.55. The minimum atomic E-state index is 0.215. The van der Waals surface area contributed by atoms with E-state index in [1.807, 2.05) is 17.0 Å². The molecular formula is C18H28N2O2. The zero-order chi connectivity index (χ0) is 15.9. The lowest BCUT2D eigenvalue weighted by Crippen LogP contribution is -2.42. The van der Waals surface area contributed by atoms with Gasteiger partial charge >= 0.3 is 0 Å². The molecule has 0 atom stereocenters. The van der Waals surface area contributed by atoms with Gasteiger partial charge in [-0.05, 0) is 57.5 Å². The fourth-order valence-corrected chi connectivity index (χ4v) is 3.12. The van der Waals surface area contributed by atoms with E-state index in [2.05, 4.69) is 30.9 Å². The number of nitrogens with zero attached hydrogens (tertiary/aromatic N) is 2. The summed E-state index contributed by atoms with van der Waals surface area (Å²) in [5.74, 6) is 1.45. The standard InChI is InChI=1S/C18H28N2O2/c1-4-20(5-2)18(21)16-10-12-19(13-11-16)14-15-6-8-17(22-3)9-7-15/h6-9,16H,4-5,10-14H2,1-3H3. The lowest BCUT2D eigenvalue weighted by atomic mass is 9.95. The average Bonchev–Trinajstić information content (AvgIpc) is 2.57. The van der Waals surface area contributed by atoms with Gasteiger partial charge in [0.05, 0.1) is 7.11 Å². The maximum Gasteiger partial charge on any atom is 0.225 e. The number of hydrogen-bond acceptors (Lipinski definition) is 3. The quantitative estimate of drug-likeness (QED) is 0.810. The number of piperidine rings is 1. The highest BCUT2D eigenvalue weighted by molar-refractivity contribution is 5.78. The first kappa shape index (κ1) is 16.8. The van der Waals surface area contributed by atoms with Gasteiger partial charge in [0, 0.05) is 25.6 Å². The van der Waals surface area contributed by atoms with Crippen molar-refractivity contribution in [2.75, 3.05) is 33.3 Å². The van der Waals surface area contributed by atoms with Crippen molar-refractivity contribution >= 4 is 5.91 Å². The summed E-state index contributed by atoms with van der Waals surface area (Å²) >= 11 is 0. The van der Waals surface area contributed by atoms with Gasteiger partial charge in [-0.3, -0.25) is 9.69 Å². The second-order valence-corrected chi connectivity index (χ2v) is 5.91. The summed E-state index contributed by atoms with van der Waals surface area (Å²) in [5.41, 5.74) is 1.30. The minimum absolute atomic E-state index is 0.215. The summed E-state index contributed by atoms with van der Waals surface area (Å²) < 4.78 is 5.19. The topological polar surface area (TPSA) is 32.8 Å². The van der Waals surface area contributed by atoms with Gasteiger partial charge in [-0.15, -0.1) is 0 Å². The van der Waals surface area contributed by atoms with Crippen LogP contribution in [0.3, 0.4) is 0 Å². The number of rotatable bonds is 6. The van der Waals surface area contributed by atoms with Crippen LogP contribution >= 0.6 is 0 Å². The fourth-order valence-electron chi connectivity index (χ4n) is 3.12. The van der Waals surface area contributed by atoms with Crippen LogP contribution in [0.1, 0.15) is 32.3 Å². The number of carbonyl (C=O) groups excluding carboxylic acids is 1. The summed E-state index contributed by atoms with van der Waals surface area (Å²) in [4.78, 5) is 16.8. The highest BCUT2D eigenvalue weighted by atomic mass is 16.5. The highest BCUT2D eigenvalue weighted by Gasteiger charge is 2.27. The van der Waals surface area contributed by atoms with Crippen LogP contribution < -0.4 is 4.74 Å². The van der Waals surface area contributed by atoms with Gasteiger partial charge in [-0.1, -0.05) is 12.1 Å². The Bertz CT molecular complexity index is 460. The molecule has 0 saturated carbocycles. The number of likely N-dealkylation sites (tertiary alicyclic amines) is 1. The van der Waals surface area contributed by atoms with Crippen molar-refractivity contribution in [2.24, 2.45) is 5.92 Å². The molecule has 1 fully saturated rings. The molecule has 0 unspecified atom stereocenters. The van der Waals surface area contributed by atoms with Crippen LogP contribution in [0.4, 0.5) is 0 Å². The molecule has 0 aromatic heterocycles. The summed E-state index contributed by atoms with van der Waals surface area (Å²) in [7, 11) is 1.69. The summed E-state index contributed by atoms with van der Waals surface area (Å²) in [6, 6.07) is 8.25. The third-order valence-corrected chi connectivity index (χ3v) is 4.58. The molecule has 1 aromatic carbocycles. The molecule has 22 heavy (non-hydrogen) atoms. The van der Waals surface area contributed by atoms with Crippen LogP contribution in [-0.4, -0.2) is 49.0 Å². The van der Waals surface area contributed by atoms with Gasteiger partial charge < -0.3 is 9.64 Å². The number of ether oxygens (including phenoxy) is 1. The monoisotopic (exact) mass is 304 g/mol. The smallest absolute Gasteiger partial charge is 0.225 e. The maximum atomic E-state index is 12.4. The Kier molecular flexibility index (Phi) is 6.25. The van der Waals surface area contributed by atoms with E-state index in [4.69, 9.17) is 4.74 Å². The van der Waals surface area contributed by atoms with Crippen LogP contribution in [0.25, 0.3) is 0 Å². The second kappa shape index (κ2) is 8.18. The Morgan fingerprint density at radius 2 is 1.77 bits per heavy atom. The number of methoxy groups -OCH3 is 1. The molecule has 0 radical (unpaired) electrons. The van der Waals surface area contributed by atoms with Crippen LogP contribution in [-0.2, 0) is 11.3 Å². The number of hydrogen-bond donors (Lipinski definition) is 0. The van der Waals surface area contributed by atoms with Crippen molar-refractivity contribution in [1.29, 1.82) is 0 Å². The Balaban J connectivity index is 1.82. The van der Waals surface area contributed by atoms with Crippen molar-refractivity contribution in [1.82, 2.24) is 9.80 Å². The molecule has 1 aromatic rings. The first-order chi connectivity index (χ1) is 10.7. The predicted molar refractivity (Wildman–Crippen MR) is 88.9 cm³/mol. The molecule has 0 N–H and O–H groups in total. The summed E-state index contributed by atoms with van der Waals surface area (Å²) in [6.45, 7) is 8.72. The van der Waals surface area contributed by atoms with E-state index in [0.29, 0.717) is 5.91 Å². The molecule has 4 heteroatoms. The predicted octanol–water partition coefficient (Wildman–Crippen LogP) is 2.78. The summed E-state index contributed by atoms with van der Waals surface area (Å²) in [6.07, 6.45) is 1.96. The van der Waals surface area contributed by atoms with Crippen molar-refractivity contribution in [3.63, 3.8) is 0 Å². The third kappa shape index (κ3) is 4.23. The van der Waals surface area contributed by atoms with E-state index in [1.54, 1.807) is 7.11 Å². The van der Waals surface area contributed by atoms with E-state index in [-0.39, 0.29) is 5.92 Å². The average molecular weight is 304 g/mol. The van der Waals surface area contributed by atoms with E-state index >= 15 is 0 Å². The second-order valence-electron chi connectivity index (χ2n) is 5.91. The lowest BCUT2D eigenvalue weighted by Gasteiger charge is -2.33. The molecule has 2 rings (SSSR count). The van der Waals surface area contributed by atoms with Gasteiger partial charge in [0.25, 0.3) is 0 Å². The van der Waals surface area contributed by atoms with Crippen LogP contribution in [0.5, 0.6) is 5.75 Å². The van der Waals surface area contributed by atoms with Crippen LogP contribution in [0.15, 0.2) is 24.3 Å². The Morgan fingerprint density at radius 1 is 1.18 bits per heavy atom. The maximum absolute atomic E-state index is 12.4. The molecule has 1 aliphatic rings. The summed E-state index contributed by atoms with van der Waals surface area (Å²) in [5, 5.41) is 0.